The van der Waals surface area contributed by atoms with Crippen molar-refractivity contribution in [1.82, 2.24) is 30.1 Å². The molecule has 0 bridgehead atoms. The lowest BCUT2D eigenvalue weighted by Gasteiger charge is -2.30. The zero-order chi connectivity index (χ0) is 43.6. The fraction of sp³-hybridized carbons (Fsp3) is 0.511. The molecule has 2 aliphatic carbocycles. The Morgan fingerprint density at radius 2 is 1.77 bits per heavy atom. The number of allylic oxidation sites excluding steroid dienone is 1. The second-order valence-corrected chi connectivity index (χ2v) is 19.0. The molecule has 3 aromatic rings. The summed E-state index contributed by atoms with van der Waals surface area (Å²) in [5.74, 6) is -2.16. The lowest BCUT2D eigenvalue weighted by Crippen LogP contribution is -2.57. The number of benzene rings is 2. The van der Waals surface area contributed by atoms with Crippen molar-refractivity contribution in [3.05, 3.63) is 66.7 Å². The van der Waals surface area contributed by atoms with Crippen molar-refractivity contribution in [2.75, 3.05) is 33.8 Å². The van der Waals surface area contributed by atoms with E-state index in [1.54, 1.807) is 18.1 Å². The minimum Gasteiger partial charge on any atom is -0.497 e. The number of hydrogen-bond donors (Lipinski definition) is 3. The largest absolute Gasteiger partial charge is 0.497 e. The third-order valence-corrected chi connectivity index (χ3v) is 14.5. The number of hydrogen-bond acceptors (Lipinski definition) is 11. The van der Waals surface area contributed by atoms with Crippen LogP contribution in [0, 0.1) is 11.8 Å². The van der Waals surface area contributed by atoms with E-state index in [0.717, 1.165) is 18.4 Å². The standard InChI is InChI=1S/C45H54N6O10S/c1-46-44(56)61-32-19-20-50(26-32)40(52)21-29-13-7-4-3-5-10-14-30-25-45(30,43(55)49-62(57,58)34-16-17-34)48-41(53)38-23-33(27-51(38)42(29)54)60-39-24-36(28-11-8-6-9-12-28)47-37-22-31(59-2)15-18-35(37)39/h6,8-12,14-15,18,22,24,29-30,32-34,38H,3-5,7,13,16-17,19-21,23,25-27H2,1-2H3,(H,46,56)(H,48,53)(H,49,55)/b14-10-/t29-,30?,32+,33-,38+,45-/m1/s1. The molecule has 2 saturated heterocycles. The number of amides is 5. The Balaban J connectivity index is 1.10. The van der Waals surface area contributed by atoms with Crippen LogP contribution < -0.4 is 24.8 Å². The topological polar surface area (TPSA) is 203 Å². The number of nitrogens with zero attached hydrogens (tertiary/aromatic N) is 3. The lowest BCUT2D eigenvalue weighted by atomic mass is 9.94. The minimum atomic E-state index is -3.92. The van der Waals surface area contributed by atoms with Crippen LogP contribution in [0.5, 0.6) is 11.5 Å². The Bertz CT molecular complexity index is 2360. The predicted octanol–water partition coefficient (Wildman–Crippen LogP) is 4.23. The maximum Gasteiger partial charge on any atom is 0.407 e. The average molecular weight is 871 g/mol. The zero-order valence-corrected chi connectivity index (χ0v) is 35.9. The summed E-state index contributed by atoms with van der Waals surface area (Å²) < 4.78 is 45.9. The van der Waals surface area contributed by atoms with Crippen LogP contribution in [0.2, 0.25) is 0 Å². The summed E-state index contributed by atoms with van der Waals surface area (Å²) in [5.41, 5.74) is 0.599. The van der Waals surface area contributed by atoms with Gasteiger partial charge in [0.05, 0.1) is 36.7 Å². The fourth-order valence-corrected chi connectivity index (χ4v) is 10.3. The van der Waals surface area contributed by atoms with E-state index in [1.807, 2.05) is 60.7 Å². The summed E-state index contributed by atoms with van der Waals surface area (Å²) in [7, 11) is -0.878. The Morgan fingerprint density at radius 1 is 0.968 bits per heavy atom. The average Bonchev–Trinajstić information content (AvgIpc) is 4.15. The SMILES string of the molecule is CNC(=O)O[C@H]1CCN(C(=O)C[C@H]2CCCCC/C=C\C3C[C@@]3(C(=O)NS(=O)(=O)C3CC3)NC(=O)[C@@H]3C[C@@H](Oc4cc(-c5ccccc5)nc5cc(OC)ccc45)CN3C2=O)C1. The summed E-state index contributed by atoms with van der Waals surface area (Å²) in [5, 5.41) is 5.41. The van der Waals surface area contributed by atoms with Crippen LogP contribution in [-0.4, -0.2) is 116 Å². The normalized spacial score (nSPS) is 27.2. The Kier molecular flexibility index (Phi) is 12.4. The number of carbonyl (C=O) groups excluding carboxylic acids is 5. The molecule has 2 aromatic carbocycles. The number of sulfonamides is 1. The molecule has 2 saturated carbocycles. The molecule has 16 nitrogen and oxygen atoms in total. The first kappa shape index (κ1) is 43.0. The zero-order valence-electron chi connectivity index (χ0n) is 35.0. The van der Waals surface area contributed by atoms with Crippen LogP contribution >= 0.6 is 0 Å². The van der Waals surface area contributed by atoms with Gasteiger partial charge in [-0.3, -0.25) is 23.9 Å². The number of alkyl carbamates (subject to hydrolysis) is 1. The molecule has 62 heavy (non-hydrogen) atoms. The Labute approximate surface area is 361 Å². The molecule has 330 valence electrons. The monoisotopic (exact) mass is 870 g/mol. The third-order valence-electron chi connectivity index (χ3n) is 12.7. The summed E-state index contributed by atoms with van der Waals surface area (Å²) in [4.78, 5) is 77.3. The van der Waals surface area contributed by atoms with E-state index in [2.05, 4.69) is 15.4 Å². The summed E-state index contributed by atoms with van der Waals surface area (Å²) in [6, 6.07) is 15.8. The van der Waals surface area contributed by atoms with Gasteiger partial charge in [0, 0.05) is 67.8 Å². The van der Waals surface area contributed by atoms with Crippen LogP contribution in [0.1, 0.15) is 70.6 Å². The van der Waals surface area contributed by atoms with Gasteiger partial charge in [-0.05, 0) is 50.7 Å². The molecular weight excluding hydrogens is 817 g/mol. The highest BCUT2D eigenvalue weighted by Gasteiger charge is 2.62. The molecule has 5 amide bonds. The van der Waals surface area contributed by atoms with Crippen LogP contribution in [0.15, 0.2) is 66.7 Å². The second kappa shape index (κ2) is 17.9. The van der Waals surface area contributed by atoms with E-state index >= 15 is 0 Å². The smallest absolute Gasteiger partial charge is 0.407 e. The number of carbonyl (C=O) groups is 5. The first-order valence-corrected chi connectivity index (χ1v) is 23.1. The van der Waals surface area contributed by atoms with E-state index in [9.17, 15) is 32.4 Å². The molecule has 1 unspecified atom stereocenters. The number of pyridine rings is 1. The van der Waals surface area contributed by atoms with Crippen molar-refractivity contribution < 1.29 is 46.6 Å². The van der Waals surface area contributed by atoms with Crippen molar-refractivity contribution in [1.29, 1.82) is 0 Å². The van der Waals surface area contributed by atoms with Gasteiger partial charge in [0.15, 0.2) is 0 Å². The Hall–Kier alpha value is -5.71. The number of likely N-dealkylation sites (tertiary alicyclic amines) is 1. The van der Waals surface area contributed by atoms with Crippen LogP contribution in [0.25, 0.3) is 22.2 Å². The number of fused-ring (bicyclic) bond motifs is 3. The van der Waals surface area contributed by atoms with Crippen molar-refractivity contribution in [2.24, 2.45) is 11.8 Å². The van der Waals surface area contributed by atoms with E-state index in [4.69, 9.17) is 19.2 Å². The minimum absolute atomic E-state index is 0.00654. The van der Waals surface area contributed by atoms with Crippen LogP contribution in [-0.2, 0) is 33.9 Å². The van der Waals surface area contributed by atoms with Gasteiger partial charge >= 0.3 is 6.09 Å². The molecule has 1 aromatic heterocycles. The molecule has 5 aliphatic rings. The van der Waals surface area contributed by atoms with Gasteiger partial charge in [0.25, 0.3) is 5.91 Å². The molecular formula is C45H54N6O10S. The van der Waals surface area contributed by atoms with Gasteiger partial charge in [0.1, 0.15) is 35.3 Å². The quantitative estimate of drug-likeness (QED) is 0.246. The second-order valence-electron chi connectivity index (χ2n) is 17.1. The molecule has 6 atom stereocenters. The van der Waals surface area contributed by atoms with Gasteiger partial charge in [-0.2, -0.15) is 0 Å². The van der Waals surface area contributed by atoms with E-state index < -0.39 is 68.8 Å². The summed E-state index contributed by atoms with van der Waals surface area (Å²) in [6.45, 7) is 0.589. The molecule has 3 N–H and O–H groups in total. The highest BCUT2D eigenvalue weighted by Crippen LogP contribution is 2.46. The highest BCUT2D eigenvalue weighted by atomic mass is 32.2. The lowest BCUT2D eigenvalue weighted by molar-refractivity contribution is -0.145. The molecule has 8 rings (SSSR count). The van der Waals surface area contributed by atoms with Crippen LogP contribution in [0.4, 0.5) is 4.79 Å². The summed E-state index contributed by atoms with van der Waals surface area (Å²) >= 11 is 0. The molecule has 4 heterocycles. The van der Waals surface area contributed by atoms with Gasteiger partial charge in [-0.15, -0.1) is 0 Å². The number of methoxy groups -OCH3 is 1. The molecule has 17 heteroatoms. The first-order chi connectivity index (χ1) is 29.9. The third kappa shape index (κ3) is 9.37. The molecule has 0 radical (unpaired) electrons. The van der Waals surface area contributed by atoms with Crippen LogP contribution in [0.3, 0.4) is 0 Å². The molecule has 4 fully saturated rings. The predicted molar refractivity (Wildman–Crippen MR) is 228 cm³/mol. The number of nitrogens with one attached hydrogen (secondary N) is 3. The first-order valence-electron chi connectivity index (χ1n) is 21.6. The highest BCUT2D eigenvalue weighted by molar-refractivity contribution is 7.91. The van der Waals surface area contributed by atoms with E-state index in [-0.39, 0.29) is 44.2 Å². The van der Waals surface area contributed by atoms with Crippen molar-refractivity contribution in [3.63, 3.8) is 0 Å². The maximum atomic E-state index is 15.0. The van der Waals surface area contributed by atoms with E-state index in [0.29, 0.717) is 73.2 Å². The Morgan fingerprint density at radius 3 is 2.53 bits per heavy atom. The van der Waals surface area contributed by atoms with Gasteiger partial charge < -0.3 is 34.6 Å². The molecule has 3 aliphatic heterocycles. The van der Waals surface area contributed by atoms with Crippen molar-refractivity contribution in [3.8, 4) is 22.8 Å². The van der Waals surface area contributed by atoms with E-state index in [1.165, 1.54) is 11.9 Å². The van der Waals surface area contributed by atoms with Gasteiger partial charge in [-0.1, -0.05) is 55.3 Å². The van der Waals surface area contributed by atoms with Crippen molar-refractivity contribution in [2.45, 2.75) is 99.7 Å². The maximum absolute atomic E-state index is 15.0. The van der Waals surface area contributed by atoms with Gasteiger partial charge in [0.2, 0.25) is 27.7 Å². The van der Waals surface area contributed by atoms with Gasteiger partial charge in [-0.25, -0.2) is 18.2 Å². The molecule has 0 spiro atoms. The summed E-state index contributed by atoms with van der Waals surface area (Å²) in [6.07, 6.45) is 6.97. The number of ether oxygens (including phenoxy) is 3. The van der Waals surface area contributed by atoms with Crippen molar-refractivity contribution >= 4 is 50.6 Å². The fourth-order valence-electron chi connectivity index (χ4n) is 8.92. The number of aromatic nitrogens is 1. The number of rotatable bonds is 10.